The number of carbonyl (C=O) groups excluding carboxylic acids is 1. The molecule has 0 aliphatic heterocycles. The maximum atomic E-state index is 11.9. The first-order valence-electron chi connectivity index (χ1n) is 7.86. The first kappa shape index (κ1) is 16.5. The third-order valence-corrected chi connectivity index (χ3v) is 3.73. The number of para-hydroxylation sites is 1. The van der Waals surface area contributed by atoms with Crippen LogP contribution in [0.3, 0.4) is 0 Å². The summed E-state index contributed by atoms with van der Waals surface area (Å²) in [4.78, 5) is 11.9. The van der Waals surface area contributed by atoms with Crippen LogP contribution in [0.4, 0.5) is 0 Å². The standard InChI is InChI=1S/C20H18N2O3/c1-14(18-8-4-5-9-19(18)23)21-22-20(24)13-25-17-11-10-15-6-2-3-7-16(15)12-17/h2-12,23H,13H2,1H3,(H,22,24)/b21-14+. The summed E-state index contributed by atoms with van der Waals surface area (Å²) in [6.07, 6.45) is 0. The lowest BCUT2D eigenvalue weighted by molar-refractivity contribution is -0.123. The van der Waals surface area contributed by atoms with Gasteiger partial charge in [-0.25, -0.2) is 5.43 Å². The Labute approximate surface area is 145 Å². The summed E-state index contributed by atoms with van der Waals surface area (Å²) in [7, 11) is 0. The van der Waals surface area contributed by atoms with Gasteiger partial charge >= 0.3 is 0 Å². The molecule has 0 heterocycles. The third-order valence-electron chi connectivity index (χ3n) is 3.73. The van der Waals surface area contributed by atoms with Crippen molar-refractivity contribution in [3.05, 3.63) is 72.3 Å². The first-order chi connectivity index (χ1) is 12.1. The van der Waals surface area contributed by atoms with Gasteiger partial charge in [-0.3, -0.25) is 4.79 Å². The lowest BCUT2D eigenvalue weighted by Gasteiger charge is -2.07. The number of rotatable bonds is 5. The van der Waals surface area contributed by atoms with E-state index >= 15 is 0 Å². The number of ether oxygens (including phenoxy) is 1. The van der Waals surface area contributed by atoms with Crippen LogP contribution in [0, 0.1) is 0 Å². The number of phenols is 1. The van der Waals surface area contributed by atoms with Crippen molar-refractivity contribution in [2.45, 2.75) is 6.92 Å². The summed E-state index contributed by atoms with van der Waals surface area (Å²) < 4.78 is 5.51. The molecule has 0 fully saturated rings. The van der Waals surface area contributed by atoms with Crippen LogP contribution in [0.15, 0.2) is 71.8 Å². The third kappa shape index (κ3) is 4.14. The van der Waals surface area contributed by atoms with Gasteiger partial charge in [-0.05, 0) is 42.0 Å². The van der Waals surface area contributed by atoms with E-state index < -0.39 is 0 Å². The van der Waals surface area contributed by atoms with Crippen LogP contribution < -0.4 is 10.2 Å². The molecular formula is C20H18N2O3. The van der Waals surface area contributed by atoms with Crippen LogP contribution >= 0.6 is 0 Å². The maximum Gasteiger partial charge on any atom is 0.277 e. The molecule has 3 aromatic carbocycles. The number of nitrogens with zero attached hydrogens (tertiary/aromatic N) is 1. The Morgan fingerprint density at radius 1 is 1.04 bits per heavy atom. The Hall–Kier alpha value is -3.34. The number of nitrogens with one attached hydrogen (secondary N) is 1. The van der Waals surface area contributed by atoms with Crippen molar-refractivity contribution in [3.8, 4) is 11.5 Å². The summed E-state index contributed by atoms with van der Waals surface area (Å²) in [6, 6.07) is 20.4. The summed E-state index contributed by atoms with van der Waals surface area (Å²) >= 11 is 0. The molecule has 3 aromatic rings. The van der Waals surface area contributed by atoms with E-state index in [0.717, 1.165) is 10.8 Å². The quantitative estimate of drug-likeness (QED) is 0.554. The van der Waals surface area contributed by atoms with Crippen molar-refractivity contribution in [1.29, 1.82) is 0 Å². The minimum absolute atomic E-state index is 0.116. The van der Waals surface area contributed by atoms with Crippen molar-refractivity contribution < 1.29 is 14.6 Å². The molecule has 1 amide bonds. The number of hydrogen-bond acceptors (Lipinski definition) is 4. The molecule has 3 rings (SSSR count). The van der Waals surface area contributed by atoms with Gasteiger partial charge in [0.25, 0.3) is 5.91 Å². The SMILES string of the molecule is C/C(=N\NC(=O)COc1ccc2ccccc2c1)c1ccccc1O. The summed E-state index contributed by atoms with van der Waals surface area (Å²) in [5.74, 6) is 0.364. The molecule has 0 aliphatic rings. The van der Waals surface area contributed by atoms with Crippen molar-refractivity contribution in [3.63, 3.8) is 0 Å². The normalized spacial score (nSPS) is 11.3. The minimum atomic E-state index is -0.372. The van der Waals surface area contributed by atoms with Gasteiger partial charge in [-0.2, -0.15) is 5.10 Å². The fourth-order valence-corrected chi connectivity index (χ4v) is 2.42. The number of hydrazone groups is 1. The second-order valence-corrected chi connectivity index (χ2v) is 5.55. The van der Waals surface area contributed by atoms with Crippen LogP contribution in [0.2, 0.25) is 0 Å². The lowest BCUT2D eigenvalue weighted by Crippen LogP contribution is -2.25. The van der Waals surface area contributed by atoms with Crippen LogP contribution in [0.5, 0.6) is 11.5 Å². The largest absolute Gasteiger partial charge is 0.507 e. The van der Waals surface area contributed by atoms with Gasteiger partial charge in [-0.15, -0.1) is 0 Å². The summed E-state index contributed by atoms with van der Waals surface area (Å²) in [6.45, 7) is 1.56. The van der Waals surface area contributed by atoms with E-state index in [0.29, 0.717) is 17.0 Å². The van der Waals surface area contributed by atoms with E-state index in [2.05, 4.69) is 10.5 Å². The van der Waals surface area contributed by atoms with Gasteiger partial charge in [-0.1, -0.05) is 42.5 Å². The molecule has 5 nitrogen and oxygen atoms in total. The van der Waals surface area contributed by atoms with Crippen LogP contribution in [-0.4, -0.2) is 23.3 Å². The summed E-state index contributed by atoms with van der Waals surface area (Å²) in [5, 5.41) is 15.9. The Morgan fingerprint density at radius 2 is 1.76 bits per heavy atom. The van der Waals surface area contributed by atoms with Gasteiger partial charge in [0.1, 0.15) is 11.5 Å². The Bertz CT molecular complexity index is 935. The number of fused-ring (bicyclic) bond motifs is 1. The Kier molecular flexibility index (Phi) is 4.95. The monoisotopic (exact) mass is 334 g/mol. The molecule has 0 aromatic heterocycles. The van der Waals surface area contributed by atoms with Crippen LogP contribution in [0.1, 0.15) is 12.5 Å². The number of benzene rings is 3. The highest BCUT2D eigenvalue weighted by Crippen LogP contribution is 2.20. The lowest BCUT2D eigenvalue weighted by atomic mass is 10.1. The topological polar surface area (TPSA) is 70.9 Å². The molecule has 0 saturated heterocycles. The molecule has 0 saturated carbocycles. The number of phenolic OH excluding ortho intramolecular Hbond substituents is 1. The number of carbonyl (C=O) groups is 1. The average molecular weight is 334 g/mol. The van der Waals surface area contributed by atoms with Gasteiger partial charge in [0.15, 0.2) is 6.61 Å². The van der Waals surface area contributed by atoms with Crippen molar-refractivity contribution >= 4 is 22.4 Å². The van der Waals surface area contributed by atoms with Gasteiger partial charge < -0.3 is 9.84 Å². The predicted octanol–water partition coefficient (Wildman–Crippen LogP) is 3.46. The zero-order chi connectivity index (χ0) is 17.6. The van der Waals surface area contributed by atoms with Gasteiger partial charge in [0.05, 0.1) is 5.71 Å². The summed E-state index contributed by atoms with van der Waals surface area (Å²) in [5.41, 5.74) is 3.51. The molecule has 0 aliphatic carbocycles. The molecule has 126 valence electrons. The highest BCUT2D eigenvalue weighted by Gasteiger charge is 2.06. The highest BCUT2D eigenvalue weighted by atomic mass is 16.5. The molecule has 0 bridgehead atoms. The second-order valence-electron chi connectivity index (χ2n) is 5.55. The van der Waals surface area contributed by atoms with E-state index in [4.69, 9.17) is 4.74 Å². The van der Waals surface area contributed by atoms with E-state index in [1.165, 1.54) is 0 Å². The maximum absolute atomic E-state index is 11.9. The fourth-order valence-electron chi connectivity index (χ4n) is 2.42. The molecule has 25 heavy (non-hydrogen) atoms. The minimum Gasteiger partial charge on any atom is -0.507 e. The van der Waals surface area contributed by atoms with E-state index in [9.17, 15) is 9.90 Å². The molecule has 2 N–H and O–H groups in total. The Balaban J connectivity index is 1.59. The smallest absolute Gasteiger partial charge is 0.277 e. The van der Waals surface area contributed by atoms with Gasteiger partial charge in [0.2, 0.25) is 0 Å². The van der Waals surface area contributed by atoms with Crippen LogP contribution in [-0.2, 0) is 4.79 Å². The Morgan fingerprint density at radius 3 is 2.56 bits per heavy atom. The number of aromatic hydroxyl groups is 1. The fraction of sp³-hybridized carbons (Fsp3) is 0.100. The van der Waals surface area contributed by atoms with E-state index in [1.807, 2.05) is 42.5 Å². The van der Waals surface area contributed by atoms with E-state index in [1.54, 1.807) is 31.2 Å². The van der Waals surface area contributed by atoms with Crippen molar-refractivity contribution in [1.82, 2.24) is 5.43 Å². The van der Waals surface area contributed by atoms with Crippen molar-refractivity contribution in [2.24, 2.45) is 5.10 Å². The van der Waals surface area contributed by atoms with Gasteiger partial charge in [0, 0.05) is 5.56 Å². The van der Waals surface area contributed by atoms with Crippen LogP contribution in [0.25, 0.3) is 10.8 Å². The number of amides is 1. The molecule has 0 atom stereocenters. The zero-order valence-corrected chi connectivity index (χ0v) is 13.8. The zero-order valence-electron chi connectivity index (χ0n) is 13.8. The second kappa shape index (κ2) is 7.49. The highest BCUT2D eigenvalue weighted by molar-refractivity contribution is 6.01. The first-order valence-corrected chi connectivity index (χ1v) is 7.86. The molecule has 0 radical (unpaired) electrons. The molecule has 0 spiro atoms. The molecule has 5 heteroatoms. The average Bonchev–Trinajstić information content (AvgIpc) is 2.64. The number of hydrogen-bond donors (Lipinski definition) is 2. The molecular weight excluding hydrogens is 316 g/mol. The molecule has 0 unspecified atom stereocenters. The predicted molar refractivity (Wildman–Crippen MR) is 97.9 cm³/mol. The van der Waals surface area contributed by atoms with E-state index in [-0.39, 0.29) is 18.3 Å². The van der Waals surface area contributed by atoms with Crippen molar-refractivity contribution in [2.75, 3.05) is 6.61 Å².